The number of hydrogen-bond donors (Lipinski definition) is 1. The molecule has 0 radical (unpaired) electrons. The Morgan fingerprint density at radius 2 is 1.69 bits per heavy atom. The molecule has 0 saturated carbocycles. The lowest BCUT2D eigenvalue weighted by Gasteiger charge is -2.32. The number of rotatable bonds is 4. The molecule has 1 aromatic carbocycles. The van der Waals surface area contributed by atoms with Crippen molar-refractivity contribution in [2.75, 3.05) is 24.7 Å². The molecule has 1 fully saturated rings. The molecule has 0 unspecified atom stereocenters. The van der Waals surface area contributed by atoms with Gasteiger partial charge >= 0.3 is 6.09 Å². The van der Waals surface area contributed by atoms with Crippen LogP contribution in [0.4, 0.5) is 10.5 Å². The quantitative estimate of drug-likeness (QED) is 0.747. The molecule has 0 spiro atoms. The van der Waals surface area contributed by atoms with Gasteiger partial charge in [0.1, 0.15) is 5.60 Å². The first kappa shape index (κ1) is 23.7. The Hall–Kier alpha value is -2.94. The maximum Gasteiger partial charge on any atom is 0.410 e. The number of hydrogen-bond acceptors (Lipinski definition) is 6. The minimum atomic E-state index is -3.25. The third kappa shape index (κ3) is 6.29. The van der Waals surface area contributed by atoms with E-state index in [4.69, 9.17) is 4.74 Å². The van der Waals surface area contributed by atoms with Crippen LogP contribution in [0, 0.1) is 5.92 Å². The van der Waals surface area contributed by atoms with Crippen LogP contribution in [-0.2, 0) is 19.4 Å². The highest BCUT2D eigenvalue weighted by atomic mass is 32.2. The summed E-state index contributed by atoms with van der Waals surface area (Å²) in [6.07, 6.45) is 3.54. The average Bonchev–Trinajstić information content (AvgIpc) is 2.72. The largest absolute Gasteiger partial charge is 0.444 e. The fraction of sp³-hybridized carbons (Fsp3) is 0.435. The second-order valence-electron chi connectivity index (χ2n) is 8.96. The molecule has 2 aromatic rings. The van der Waals surface area contributed by atoms with E-state index in [0.717, 1.165) is 5.56 Å². The lowest BCUT2D eigenvalue weighted by Crippen LogP contribution is -2.43. The third-order valence-electron chi connectivity index (χ3n) is 5.13. The summed E-state index contributed by atoms with van der Waals surface area (Å²) in [5.41, 5.74) is 1.50. The predicted molar refractivity (Wildman–Crippen MR) is 122 cm³/mol. The molecule has 9 heteroatoms. The van der Waals surface area contributed by atoms with E-state index in [0.29, 0.717) is 37.3 Å². The summed E-state index contributed by atoms with van der Waals surface area (Å²) in [4.78, 5) is 31.1. The van der Waals surface area contributed by atoms with Gasteiger partial charge in [0.15, 0.2) is 9.84 Å². The topological polar surface area (TPSA) is 106 Å². The van der Waals surface area contributed by atoms with E-state index in [9.17, 15) is 18.0 Å². The van der Waals surface area contributed by atoms with Crippen LogP contribution in [0.25, 0.3) is 11.3 Å². The van der Waals surface area contributed by atoms with Crippen LogP contribution in [-0.4, -0.2) is 55.2 Å². The first-order valence-corrected chi connectivity index (χ1v) is 12.4. The molecule has 0 aliphatic carbocycles. The number of amides is 2. The van der Waals surface area contributed by atoms with Crippen molar-refractivity contribution in [2.45, 2.75) is 44.1 Å². The molecular weight excluding hydrogens is 430 g/mol. The molecule has 0 atom stereocenters. The molecule has 1 aromatic heterocycles. The monoisotopic (exact) mass is 459 g/mol. The van der Waals surface area contributed by atoms with Crippen molar-refractivity contribution in [3.63, 3.8) is 0 Å². The van der Waals surface area contributed by atoms with Gasteiger partial charge in [-0.25, -0.2) is 13.2 Å². The number of nitrogens with zero attached hydrogens (tertiary/aromatic N) is 2. The van der Waals surface area contributed by atoms with E-state index in [-0.39, 0.29) is 22.8 Å². The number of carbonyl (C=O) groups is 2. The van der Waals surface area contributed by atoms with E-state index in [1.54, 1.807) is 47.5 Å². The van der Waals surface area contributed by atoms with Crippen LogP contribution in [0.3, 0.4) is 0 Å². The molecule has 172 valence electrons. The van der Waals surface area contributed by atoms with Gasteiger partial charge in [0, 0.05) is 30.8 Å². The van der Waals surface area contributed by atoms with Crippen LogP contribution in [0.1, 0.15) is 33.6 Å². The van der Waals surface area contributed by atoms with Gasteiger partial charge < -0.3 is 15.0 Å². The van der Waals surface area contributed by atoms with Crippen molar-refractivity contribution in [3.05, 3.63) is 42.6 Å². The summed E-state index contributed by atoms with van der Waals surface area (Å²) >= 11 is 0. The Bertz CT molecular complexity index is 1070. The lowest BCUT2D eigenvalue weighted by atomic mass is 9.96. The third-order valence-corrected chi connectivity index (χ3v) is 6.26. The summed E-state index contributed by atoms with van der Waals surface area (Å²) < 4.78 is 28.6. The number of likely N-dealkylation sites (tertiary alicyclic amines) is 1. The van der Waals surface area contributed by atoms with Crippen molar-refractivity contribution in [1.82, 2.24) is 9.88 Å². The van der Waals surface area contributed by atoms with E-state index in [2.05, 4.69) is 10.3 Å². The normalized spacial score (nSPS) is 15.3. The number of benzene rings is 1. The molecule has 32 heavy (non-hydrogen) atoms. The van der Waals surface area contributed by atoms with Crippen LogP contribution in [0.2, 0.25) is 0 Å². The van der Waals surface area contributed by atoms with Crippen molar-refractivity contribution >= 4 is 27.5 Å². The van der Waals surface area contributed by atoms with Crippen molar-refractivity contribution in [1.29, 1.82) is 0 Å². The highest BCUT2D eigenvalue weighted by Gasteiger charge is 2.30. The molecule has 1 aliphatic rings. The number of aromatic nitrogens is 1. The summed E-state index contributed by atoms with van der Waals surface area (Å²) in [6, 6.07) is 10.0. The molecule has 8 nitrogen and oxygen atoms in total. The summed E-state index contributed by atoms with van der Waals surface area (Å²) in [5.74, 6) is -0.280. The molecule has 2 amide bonds. The Balaban J connectivity index is 1.55. The van der Waals surface area contributed by atoms with E-state index < -0.39 is 15.4 Å². The predicted octanol–water partition coefficient (Wildman–Crippen LogP) is 3.74. The first-order valence-electron chi connectivity index (χ1n) is 10.5. The number of anilines is 1. The van der Waals surface area contributed by atoms with Gasteiger partial charge in [-0.15, -0.1) is 0 Å². The molecule has 1 aliphatic heterocycles. The maximum absolute atomic E-state index is 12.6. The lowest BCUT2D eigenvalue weighted by molar-refractivity contribution is -0.121. The molecule has 1 saturated heterocycles. The van der Waals surface area contributed by atoms with Crippen LogP contribution in [0.5, 0.6) is 0 Å². The second-order valence-corrected chi connectivity index (χ2v) is 11.0. The Kier molecular flexibility index (Phi) is 6.88. The van der Waals surface area contributed by atoms with Gasteiger partial charge in [0.05, 0.1) is 22.5 Å². The molecular formula is C23H29N3O5S. The molecule has 1 N–H and O–H groups in total. The summed E-state index contributed by atoms with van der Waals surface area (Å²) in [7, 11) is -3.25. The van der Waals surface area contributed by atoms with E-state index in [1.165, 1.54) is 6.26 Å². The average molecular weight is 460 g/mol. The fourth-order valence-electron chi connectivity index (χ4n) is 3.41. The highest BCUT2D eigenvalue weighted by Crippen LogP contribution is 2.23. The van der Waals surface area contributed by atoms with Crippen molar-refractivity contribution in [2.24, 2.45) is 5.92 Å². The SMILES string of the molecule is CC(C)(C)OC(=O)N1CCC(C(=O)Nc2ccc(-c3ccc(S(C)(=O)=O)cc3)nc2)CC1. The van der Waals surface area contributed by atoms with E-state index >= 15 is 0 Å². The zero-order valence-corrected chi connectivity index (χ0v) is 19.6. The van der Waals surface area contributed by atoms with Gasteiger partial charge in [0.25, 0.3) is 0 Å². The number of carbonyl (C=O) groups excluding carboxylic acids is 2. The molecule has 3 rings (SSSR count). The Morgan fingerprint density at radius 1 is 1.06 bits per heavy atom. The van der Waals surface area contributed by atoms with Crippen LogP contribution < -0.4 is 5.32 Å². The first-order chi connectivity index (χ1) is 14.9. The summed E-state index contributed by atoms with van der Waals surface area (Å²) in [5, 5.41) is 2.89. The maximum atomic E-state index is 12.6. The number of sulfone groups is 1. The van der Waals surface area contributed by atoms with Crippen LogP contribution in [0.15, 0.2) is 47.5 Å². The molecule has 2 heterocycles. The highest BCUT2D eigenvalue weighted by molar-refractivity contribution is 7.90. The van der Waals surface area contributed by atoms with Crippen LogP contribution >= 0.6 is 0 Å². The van der Waals surface area contributed by atoms with Gasteiger partial charge in [-0.3, -0.25) is 9.78 Å². The zero-order chi connectivity index (χ0) is 23.5. The van der Waals surface area contributed by atoms with Gasteiger partial charge in [-0.1, -0.05) is 12.1 Å². The second kappa shape index (κ2) is 9.28. The van der Waals surface area contributed by atoms with Gasteiger partial charge in [-0.2, -0.15) is 0 Å². The minimum Gasteiger partial charge on any atom is -0.444 e. The smallest absolute Gasteiger partial charge is 0.410 e. The minimum absolute atomic E-state index is 0.0964. The number of ether oxygens (including phenoxy) is 1. The van der Waals surface area contributed by atoms with Crippen molar-refractivity contribution in [3.8, 4) is 11.3 Å². The summed E-state index contributed by atoms with van der Waals surface area (Å²) in [6.45, 7) is 6.44. The zero-order valence-electron chi connectivity index (χ0n) is 18.8. The fourth-order valence-corrected chi connectivity index (χ4v) is 4.04. The van der Waals surface area contributed by atoms with Gasteiger partial charge in [0.2, 0.25) is 5.91 Å². The number of piperidine rings is 1. The number of nitrogens with one attached hydrogen (secondary N) is 1. The van der Waals surface area contributed by atoms with Crippen molar-refractivity contribution < 1.29 is 22.7 Å². The molecule has 0 bridgehead atoms. The Labute approximate surface area is 188 Å². The standard InChI is InChI=1S/C23H29N3O5S/c1-23(2,3)31-22(28)26-13-11-17(12-14-26)21(27)25-18-7-10-20(24-15-18)16-5-8-19(9-6-16)32(4,29)30/h5-10,15,17H,11-14H2,1-4H3,(H,25,27). The Morgan fingerprint density at radius 3 is 2.19 bits per heavy atom. The number of pyridine rings is 1. The van der Waals surface area contributed by atoms with Gasteiger partial charge in [-0.05, 0) is 57.9 Å². The van der Waals surface area contributed by atoms with E-state index in [1.807, 2.05) is 20.8 Å².